The maximum atomic E-state index is 9.10. The molecule has 0 bridgehead atoms. The molecule has 106 valence electrons. The summed E-state index contributed by atoms with van der Waals surface area (Å²) in [5.41, 5.74) is 5.28. The number of benzene rings is 1. The molecule has 0 atom stereocenters. The Kier molecular flexibility index (Phi) is 3.94. The Morgan fingerprint density at radius 3 is 2.75 bits per heavy atom. The summed E-state index contributed by atoms with van der Waals surface area (Å²) in [6.07, 6.45) is 5.57. The number of hydrogen-bond acceptors (Lipinski definition) is 2. The summed E-state index contributed by atoms with van der Waals surface area (Å²) in [7, 11) is 2.01. The normalized spacial score (nSPS) is 14.3. The van der Waals surface area contributed by atoms with Crippen molar-refractivity contribution in [3.05, 3.63) is 39.8 Å². The van der Waals surface area contributed by atoms with Gasteiger partial charge in [0, 0.05) is 19.0 Å². The Morgan fingerprint density at radius 2 is 2.00 bits per heavy atom. The van der Waals surface area contributed by atoms with E-state index in [0.717, 1.165) is 16.1 Å². The lowest BCUT2D eigenvalue weighted by Gasteiger charge is -2.17. The van der Waals surface area contributed by atoms with E-state index in [-0.39, 0.29) is 6.61 Å². The largest absolute Gasteiger partial charge is 0.396 e. The van der Waals surface area contributed by atoms with Crippen LogP contribution in [-0.2, 0) is 26.3 Å². The number of hydrogen-bond donors (Lipinski definition) is 1. The van der Waals surface area contributed by atoms with Crippen LogP contribution in [0.25, 0.3) is 11.3 Å². The Labute approximate surface area is 127 Å². The Morgan fingerprint density at radius 1 is 1.25 bits per heavy atom. The topological polar surface area (TPSA) is 38.0 Å². The number of aromatic nitrogens is 2. The Bertz CT molecular complexity index is 634. The van der Waals surface area contributed by atoms with Gasteiger partial charge in [0.05, 0.1) is 12.3 Å². The fraction of sp³-hybridized carbons (Fsp3) is 0.438. The molecule has 4 heteroatoms. The third kappa shape index (κ3) is 2.42. The molecule has 1 heterocycles. The minimum atomic E-state index is 0.126. The van der Waals surface area contributed by atoms with E-state index in [0.29, 0.717) is 6.42 Å². The van der Waals surface area contributed by atoms with Gasteiger partial charge in [-0.2, -0.15) is 0 Å². The van der Waals surface area contributed by atoms with Gasteiger partial charge in [-0.3, -0.25) is 0 Å². The highest BCUT2D eigenvalue weighted by Gasteiger charge is 2.16. The van der Waals surface area contributed by atoms with E-state index in [1.807, 2.05) is 7.05 Å². The molecule has 1 aliphatic rings. The minimum Gasteiger partial charge on any atom is -0.396 e. The molecule has 0 saturated carbocycles. The molecule has 3 rings (SSSR count). The Balaban J connectivity index is 2.04. The van der Waals surface area contributed by atoms with Gasteiger partial charge in [-0.25, -0.2) is 4.98 Å². The summed E-state index contributed by atoms with van der Waals surface area (Å²) >= 11 is 3.56. The van der Waals surface area contributed by atoms with Crippen LogP contribution in [0.4, 0.5) is 0 Å². The summed E-state index contributed by atoms with van der Waals surface area (Å²) in [5.74, 6) is 0.909. The number of aliphatic hydroxyl groups excluding tert-OH is 1. The molecule has 0 spiro atoms. The molecule has 1 aromatic heterocycles. The molecule has 2 aromatic rings. The van der Waals surface area contributed by atoms with Crippen molar-refractivity contribution in [2.24, 2.45) is 7.05 Å². The maximum Gasteiger partial charge on any atom is 0.132 e. The van der Waals surface area contributed by atoms with Crippen LogP contribution < -0.4 is 0 Å². The van der Waals surface area contributed by atoms with Gasteiger partial charge in [-0.05, 0) is 58.8 Å². The van der Waals surface area contributed by atoms with Crippen LogP contribution in [0.1, 0.15) is 29.8 Å². The molecule has 0 aliphatic heterocycles. The van der Waals surface area contributed by atoms with Gasteiger partial charge in [-0.15, -0.1) is 0 Å². The van der Waals surface area contributed by atoms with Crippen LogP contribution in [0.15, 0.2) is 22.8 Å². The van der Waals surface area contributed by atoms with Crippen molar-refractivity contribution >= 4 is 15.9 Å². The predicted octanol–water partition coefficient (Wildman–Crippen LogP) is 3.26. The molecule has 3 nitrogen and oxygen atoms in total. The molecular weight excluding hydrogens is 316 g/mol. The number of halogens is 1. The molecule has 0 saturated heterocycles. The molecule has 1 N–H and O–H groups in total. The molecule has 0 radical (unpaired) electrons. The molecule has 20 heavy (non-hydrogen) atoms. The van der Waals surface area contributed by atoms with Crippen LogP contribution in [0.5, 0.6) is 0 Å². The van der Waals surface area contributed by atoms with E-state index in [1.54, 1.807) is 0 Å². The zero-order chi connectivity index (χ0) is 14.1. The highest BCUT2D eigenvalue weighted by atomic mass is 79.9. The molecule has 1 aliphatic carbocycles. The van der Waals surface area contributed by atoms with Crippen LogP contribution in [0, 0.1) is 0 Å². The van der Waals surface area contributed by atoms with Crippen LogP contribution >= 0.6 is 15.9 Å². The second kappa shape index (κ2) is 5.70. The number of rotatable bonds is 3. The maximum absolute atomic E-state index is 9.10. The first kappa shape index (κ1) is 13.8. The first-order valence-corrected chi connectivity index (χ1v) is 7.94. The van der Waals surface area contributed by atoms with E-state index in [1.165, 1.54) is 42.4 Å². The standard InChI is InChI=1S/C16H19BrN2O/c1-19-14(8-9-20)18-16(17)15(19)13-7-6-11-4-2-3-5-12(11)10-13/h6-7,10,20H,2-5,8-9H2,1H3. The van der Waals surface area contributed by atoms with Crippen molar-refractivity contribution in [1.29, 1.82) is 0 Å². The second-order valence-electron chi connectivity index (χ2n) is 5.39. The number of aliphatic hydroxyl groups is 1. The average molecular weight is 335 g/mol. The van der Waals surface area contributed by atoms with E-state index < -0.39 is 0 Å². The molecule has 1 aromatic carbocycles. The number of imidazole rings is 1. The van der Waals surface area contributed by atoms with Gasteiger partial charge in [0.25, 0.3) is 0 Å². The van der Waals surface area contributed by atoms with Gasteiger partial charge in [-0.1, -0.05) is 12.1 Å². The van der Waals surface area contributed by atoms with Gasteiger partial charge >= 0.3 is 0 Å². The van der Waals surface area contributed by atoms with Crippen molar-refractivity contribution in [3.8, 4) is 11.3 Å². The quantitative estimate of drug-likeness (QED) is 0.935. The lowest BCUT2D eigenvalue weighted by Crippen LogP contribution is -2.04. The summed E-state index contributed by atoms with van der Waals surface area (Å²) in [5, 5.41) is 9.10. The summed E-state index contributed by atoms with van der Waals surface area (Å²) in [6, 6.07) is 6.75. The lowest BCUT2D eigenvalue weighted by molar-refractivity contribution is 0.295. The van der Waals surface area contributed by atoms with Crippen LogP contribution in [0.2, 0.25) is 0 Å². The Hall–Kier alpha value is -1.13. The zero-order valence-electron chi connectivity index (χ0n) is 11.7. The first-order chi connectivity index (χ1) is 9.70. The van der Waals surface area contributed by atoms with Crippen molar-refractivity contribution in [2.75, 3.05) is 6.61 Å². The van der Waals surface area contributed by atoms with E-state index >= 15 is 0 Å². The molecule has 0 fully saturated rings. The van der Waals surface area contributed by atoms with E-state index in [9.17, 15) is 0 Å². The van der Waals surface area contributed by atoms with Gasteiger partial charge in [0.1, 0.15) is 10.4 Å². The van der Waals surface area contributed by atoms with E-state index in [2.05, 4.69) is 43.7 Å². The van der Waals surface area contributed by atoms with E-state index in [4.69, 9.17) is 5.11 Å². The van der Waals surface area contributed by atoms with Crippen molar-refractivity contribution in [2.45, 2.75) is 32.1 Å². The summed E-state index contributed by atoms with van der Waals surface area (Å²) < 4.78 is 2.93. The predicted molar refractivity (Wildman–Crippen MR) is 83.8 cm³/mol. The third-order valence-electron chi connectivity index (χ3n) is 4.10. The van der Waals surface area contributed by atoms with Crippen molar-refractivity contribution < 1.29 is 5.11 Å². The number of aryl methyl sites for hydroxylation is 2. The van der Waals surface area contributed by atoms with Gasteiger partial charge in [0.15, 0.2) is 0 Å². The highest BCUT2D eigenvalue weighted by Crippen LogP contribution is 2.32. The monoisotopic (exact) mass is 334 g/mol. The van der Waals surface area contributed by atoms with Crippen LogP contribution in [-0.4, -0.2) is 21.3 Å². The highest BCUT2D eigenvalue weighted by molar-refractivity contribution is 9.10. The summed E-state index contributed by atoms with van der Waals surface area (Å²) in [6.45, 7) is 0.126. The molecule has 0 amide bonds. The first-order valence-electron chi connectivity index (χ1n) is 7.15. The van der Waals surface area contributed by atoms with Gasteiger partial charge in [0.2, 0.25) is 0 Å². The average Bonchev–Trinajstić information content (AvgIpc) is 2.73. The SMILES string of the molecule is Cn1c(CCO)nc(Br)c1-c1ccc2c(c1)CCCC2. The number of nitrogens with zero attached hydrogens (tertiary/aromatic N) is 2. The molecule has 0 unspecified atom stereocenters. The van der Waals surface area contributed by atoms with Crippen LogP contribution in [0.3, 0.4) is 0 Å². The van der Waals surface area contributed by atoms with Crippen molar-refractivity contribution in [1.82, 2.24) is 9.55 Å². The van der Waals surface area contributed by atoms with Gasteiger partial charge < -0.3 is 9.67 Å². The van der Waals surface area contributed by atoms with Crippen molar-refractivity contribution in [3.63, 3.8) is 0 Å². The third-order valence-corrected chi connectivity index (χ3v) is 4.66. The summed E-state index contributed by atoms with van der Waals surface area (Å²) in [4.78, 5) is 4.51. The fourth-order valence-corrected chi connectivity index (χ4v) is 3.73. The number of fused-ring (bicyclic) bond motifs is 1. The minimum absolute atomic E-state index is 0.126. The smallest absolute Gasteiger partial charge is 0.132 e. The molecular formula is C16H19BrN2O. The lowest BCUT2D eigenvalue weighted by atomic mass is 9.90. The fourth-order valence-electron chi connectivity index (χ4n) is 3.03. The second-order valence-corrected chi connectivity index (χ2v) is 6.14. The zero-order valence-corrected chi connectivity index (χ0v) is 13.3.